The van der Waals surface area contributed by atoms with E-state index in [2.05, 4.69) is 0 Å². The Bertz CT molecular complexity index is 574. The Morgan fingerprint density at radius 3 is 2.26 bits per heavy atom. The van der Waals surface area contributed by atoms with Crippen LogP contribution in [0.3, 0.4) is 0 Å². The van der Waals surface area contributed by atoms with E-state index in [-0.39, 0.29) is 11.6 Å². The number of halogens is 1. The van der Waals surface area contributed by atoms with Gasteiger partial charge in [-0.05, 0) is 42.3 Å². The van der Waals surface area contributed by atoms with Gasteiger partial charge in [-0.3, -0.25) is 0 Å². The summed E-state index contributed by atoms with van der Waals surface area (Å²) in [7, 11) is 1.61. The highest BCUT2D eigenvalue weighted by Gasteiger charge is 2.05. The van der Waals surface area contributed by atoms with Crippen LogP contribution in [0.15, 0.2) is 54.8 Å². The largest absolute Gasteiger partial charge is 0.497 e. The molecule has 0 aliphatic rings. The van der Waals surface area contributed by atoms with Gasteiger partial charge in [-0.25, -0.2) is 4.39 Å². The van der Waals surface area contributed by atoms with Crippen LogP contribution in [-0.2, 0) is 0 Å². The molecule has 0 amide bonds. The molecule has 0 radical (unpaired) electrons. The summed E-state index contributed by atoms with van der Waals surface area (Å²) in [6.07, 6.45) is 3.16. The monoisotopic (exact) mass is 258 g/mol. The Hall–Kier alpha value is -2.29. The quantitative estimate of drug-likeness (QED) is 0.756. The molecule has 0 heterocycles. The maximum atomic E-state index is 13.8. The predicted molar refractivity (Wildman–Crippen MR) is 73.8 cm³/mol. The van der Waals surface area contributed by atoms with Gasteiger partial charge in [0.25, 0.3) is 0 Å². The van der Waals surface area contributed by atoms with Gasteiger partial charge in [-0.15, -0.1) is 0 Å². The number of allylic oxidation sites excluding steroid dienone is 1. The first-order valence-electron chi connectivity index (χ1n) is 5.96. The van der Waals surface area contributed by atoms with Gasteiger partial charge in [0.05, 0.1) is 13.4 Å². The van der Waals surface area contributed by atoms with Crippen LogP contribution >= 0.6 is 0 Å². The molecule has 2 aromatic carbocycles. The molecule has 0 spiro atoms. The molecule has 0 saturated heterocycles. The van der Waals surface area contributed by atoms with Crippen molar-refractivity contribution in [2.24, 2.45) is 0 Å². The third-order valence-electron chi connectivity index (χ3n) is 2.69. The normalized spacial score (nSPS) is 10.7. The Labute approximate surface area is 112 Å². The van der Waals surface area contributed by atoms with Crippen LogP contribution in [0.25, 0.3) is 11.1 Å². The van der Waals surface area contributed by atoms with Crippen LogP contribution in [0, 0.1) is 5.82 Å². The van der Waals surface area contributed by atoms with Crippen molar-refractivity contribution in [3.63, 3.8) is 0 Å². The molecular weight excluding hydrogens is 243 g/mol. The molecule has 0 aliphatic carbocycles. The number of benzene rings is 2. The number of ether oxygens (including phenoxy) is 2. The van der Waals surface area contributed by atoms with E-state index in [4.69, 9.17) is 9.47 Å². The van der Waals surface area contributed by atoms with Gasteiger partial charge in [0, 0.05) is 0 Å². The van der Waals surface area contributed by atoms with Crippen molar-refractivity contribution in [3.05, 3.63) is 60.6 Å². The second-order valence-electron chi connectivity index (χ2n) is 3.96. The van der Waals surface area contributed by atoms with Crippen LogP contribution in [0.1, 0.15) is 6.92 Å². The summed E-state index contributed by atoms with van der Waals surface area (Å²) >= 11 is 0. The Kier molecular flexibility index (Phi) is 4.18. The zero-order valence-electron chi connectivity index (χ0n) is 10.9. The molecule has 0 fully saturated rings. The highest BCUT2D eigenvalue weighted by molar-refractivity contribution is 5.65. The van der Waals surface area contributed by atoms with Crippen molar-refractivity contribution < 1.29 is 13.9 Å². The molecule has 0 unspecified atom stereocenters. The van der Waals surface area contributed by atoms with E-state index in [9.17, 15) is 4.39 Å². The fourth-order valence-electron chi connectivity index (χ4n) is 1.70. The standard InChI is InChI=1S/C16H15FO2/c1-3-10-19-16-9-6-13(11-15(16)17)12-4-7-14(18-2)8-5-12/h3-11H,1-2H3/b10-3+. The molecule has 0 aliphatic heterocycles. The van der Waals surface area contributed by atoms with Crippen molar-refractivity contribution in [3.8, 4) is 22.6 Å². The van der Waals surface area contributed by atoms with Crippen LogP contribution in [0.4, 0.5) is 4.39 Å². The minimum absolute atomic E-state index is 0.218. The summed E-state index contributed by atoms with van der Waals surface area (Å²) < 4.78 is 24.0. The Balaban J connectivity index is 2.27. The number of hydrogen-bond acceptors (Lipinski definition) is 2. The fourth-order valence-corrected chi connectivity index (χ4v) is 1.70. The Morgan fingerprint density at radius 1 is 1.00 bits per heavy atom. The second-order valence-corrected chi connectivity index (χ2v) is 3.96. The van der Waals surface area contributed by atoms with Gasteiger partial charge < -0.3 is 9.47 Å². The molecule has 2 aromatic rings. The summed E-state index contributed by atoms with van der Waals surface area (Å²) in [6, 6.07) is 12.4. The summed E-state index contributed by atoms with van der Waals surface area (Å²) in [5.41, 5.74) is 1.73. The summed E-state index contributed by atoms with van der Waals surface area (Å²) in [5.74, 6) is 0.610. The first kappa shape index (κ1) is 13.1. The van der Waals surface area contributed by atoms with E-state index < -0.39 is 0 Å². The molecule has 19 heavy (non-hydrogen) atoms. The van der Waals surface area contributed by atoms with E-state index >= 15 is 0 Å². The molecule has 0 atom stereocenters. The Morgan fingerprint density at radius 2 is 1.68 bits per heavy atom. The molecule has 98 valence electrons. The average Bonchev–Trinajstić information content (AvgIpc) is 2.46. The smallest absolute Gasteiger partial charge is 0.166 e. The lowest BCUT2D eigenvalue weighted by Gasteiger charge is -2.06. The summed E-state index contributed by atoms with van der Waals surface area (Å²) in [4.78, 5) is 0. The number of methoxy groups -OCH3 is 1. The maximum absolute atomic E-state index is 13.8. The van der Waals surface area contributed by atoms with E-state index in [1.165, 1.54) is 12.3 Å². The fraction of sp³-hybridized carbons (Fsp3) is 0.125. The van der Waals surface area contributed by atoms with Crippen LogP contribution in [0.2, 0.25) is 0 Å². The molecule has 0 N–H and O–H groups in total. The lowest BCUT2D eigenvalue weighted by atomic mass is 10.1. The highest BCUT2D eigenvalue weighted by atomic mass is 19.1. The topological polar surface area (TPSA) is 18.5 Å². The van der Waals surface area contributed by atoms with Crippen molar-refractivity contribution in [2.45, 2.75) is 6.92 Å². The van der Waals surface area contributed by atoms with E-state index in [0.29, 0.717) is 0 Å². The van der Waals surface area contributed by atoms with Gasteiger partial charge in [0.1, 0.15) is 5.75 Å². The third kappa shape index (κ3) is 3.13. The van der Waals surface area contributed by atoms with Gasteiger partial charge in [-0.1, -0.05) is 24.3 Å². The van der Waals surface area contributed by atoms with E-state index in [0.717, 1.165) is 16.9 Å². The molecule has 2 rings (SSSR count). The van der Waals surface area contributed by atoms with Crippen molar-refractivity contribution in [2.75, 3.05) is 7.11 Å². The van der Waals surface area contributed by atoms with Crippen molar-refractivity contribution in [1.82, 2.24) is 0 Å². The maximum Gasteiger partial charge on any atom is 0.166 e. The lowest BCUT2D eigenvalue weighted by Crippen LogP contribution is -1.88. The van der Waals surface area contributed by atoms with E-state index in [1.807, 2.05) is 37.3 Å². The van der Waals surface area contributed by atoms with Crippen LogP contribution in [-0.4, -0.2) is 7.11 Å². The van der Waals surface area contributed by atoms with Gasteiger partial charge in [-0.2, -0.15) is 0 Å². The molecule has 0 bridgehead atoms. The van der Waals surface area contributed by atoms with Gasteiger partial charge in [0.15, 0.2) is 11.6 Å². The summed E-state index contributed by atoms with van der Waals surface area (Å²) in [6.45, 7) is 1.81. The second kappa shape index (κ2) is 6.05. The minimum atomic E-state index is -0.383. The molecule has 0 aromatic heterocycles. The number of rotatable bonds is 4. The molecule has 0 saturated carbocycles. The van der Waals surface area contributed by atoms with Crippen LogP contribution in [0.5, 0.6) is 11.5 Å². The van der Waals surface area contributed by atoms with E-state index in [1.54, 1.807) is 19.3 Å². The zero-order chi connectivity index (χ0) is 13.7. The first-order chi connectivity index (χ1) is 9.24. The van der Waals surface area contributed by atoms with Crippen molar-refractivity contribution >= 4 is 0 Å². The first-order valence-corrected chi connectivity index (χ1v) is 5.96. The SMILES string of the molecule is C/C=C/Oc1ccc(-c2ccc(OC)cc2)cc1F. The minimum Gasteiger partial charge on any atom is -0.497 e. The highest BCUT2D eigenvalue weighted by Crippen LogP contribution is 2.27. The molecular formula is C16H15FO2. The third-order valence-corrected chi connectivity index (χ3v) is 2.69. The van der Waals surface area contributed by atoms with Gasteiger partial charge in [0.2, 0.25) is 0 Å². The average molecular weight is 258 g/mol. The summed E-state index contributed by atoms with van der Waals surface area (Å²) in [5, 5.41) is 0. The molecule has 3 heteroatoms. The van der Waals surface area contributed by atoms with Crippen LogP contribution < -0.4 is 9.47 Å². The van der Waals surface area contributed by atoms with Gasteiger partial charge >= 0.3 is 0 Å². The molecule has 2 nitrogen and oxygen atoms in total. The predicted octanol–water partition coefficient (Wildman–Crippen LogP) is 4.41. The number of hydrogen-bond donors (Lipinski definition) is 0. The lowest BCUT2D eigenvalue weighted by molar-refractivity contribution is 0.415. The zero-order valence-corrected chi connectivity index (χ0v) is 10.9. The van der Waals surface area contributed by atoms with Crippen molar-refractivity contribution in [1.29, 1.82) is 0 Å².